The summed E-state index contributed by atoms with van der Waals surface area (Å²) in [6.07, 6.45) is 3.15. The van der Waals surface area contributed by atoms with E-state index in [1.165, 1.54) is 12.3 Å². The summed E-state index contributed by atoms with van der Waals surface area (Å²) in [6, 6.07) is 19.2. The lowest BCUT2D eigenvalue weighted by Gasteiger charge is -2.04. The minimum absolute atomic E-state index is 0.136. The predicted molar refractivity (Wildman–Crippen MR) is 95.0 cm³/mol. The minimum atomic E-state index is -0.565. The van der Waals surface area contributed by atoms with Crippen molar-refractivity contribution in [2.45, 2.75) is 0 Å². The highest BCUT2D eigenvalue weighted by Crippen LogP contribution is 2.22. The second kappa shape index (κ2) is 7.52. The van der Waals surface area contributed by atoms with Crippen molar-refractivity contribution in [3.63, 3.8) is 0 Å². The molecule has 122 valence electrons. The number of benzene rings is 2. The topological polar surface area (TPSA) is 63.2 Å². The van der Waals surface area contributed by atoms with Gasteiger partial charge in [0.15, 0.2) is 0 Å². The molecule has 0 aliphatic carbocycles. The summed E-state index contributed by atoms with van der Waals surface area (Å²) in [5, 5.41) is 9.94. The molecule has 0 atom stereocenters. The fourth-order valence-electron chi connectivity index (χ4n) is 2.19. The first-order chi connectivity index (χ1) is 12.2. The molecule has 0 fully saturated rings. The summed E-state index contributed by atoms with van der Waals surface area (Å²) in [4.78, 5) is 11.8. The normalized spacial score (nSPS) is 11.0. The van der Waals surface area contributed by atoms with Crippen molar-refractivity contribution >= 4 is 29.2 Å². The van der Waals surface area contributed by atoms with Gasteiger partial charge in [-0.05, 0) is 53.6 Å². The standard InChI is InChI=1S/C20H12ClNO3/c21-17-4-1-3-15(12-17)16(13-22)11-14-6-8-18(9-7-14)25-20(23)19-5-2-10-24-19/h1-12H/b16-11-. The molecule has 0 saturated heterocycles. The van der Waals surface area contributed by atoms with E-state index in [0.29, 0.717) is 16.3 Å². The second-order valence-corrected chi connectivity index (χ2v) is 5.55. The zero-order chi connectivity index (χ0) is 17.6. The number of halogens is 1. The summed E-state index contributed by atoms with van der Waals surface area (Å²) < 4.78 is 10.2. The summed E-state index contributed by atoms with van der Waals surface area (Å²) in [5.41, 5.74) is 2.03. The molecule has 0 amide bonds. The van der Waals surface area contributed by atoms with Crippen molar-refractivity contribution in [3.8, 4) is 11.8 Å². The van der Waals surface area contributed by atoms with Gasteiger partial charge in [-0.3, -0.25) is 0 Å². The quantitative estimate of drug-likeness (QED) is 0.280. The van der Waals surface area contributed by atoms with E-state index >= 15 is 0 Å². The number of rotatable bonds is 4. The number of nitriles is 1. The minimum Gasteiger partial charge on any atom is -0.457 e. The average Bonchev–Trinajstić information content (AvgIpc) is 3.16. The third kappa shape index (κ3) is 4.17. The number of ether oxygens (including phenoxy) is 1. The molecule has 0 saturated carbocycles. The smallest absolute Gasteiger partial charge is 0.379 e. The van der Waals surface area contributed by atoms with Crippen LogP contribution in [0.2, 0.25) is 5.02 Å². The fraction of sp³-hybridized carbons (Fsp3) is 0. The number of carbonyl (C=O) groups is 1. The van der Waals surface area contributed by atoms with Crippen LogP contribution in [0.4, 0.5) is 0 Å². The predicted octanol–water partition coefficient (Wildman–Crippen LogP) is 5.22. The van der Waals surface area contributed by atoms with Crippen LogP contribution in [0.3, 0.4) is 0 Å². The van der Waals surface area contributed by atoms with Crippen molar-refractivity contribution in [1.82, 2.24) is 0 Å². The van der Waals surface area contributed by atoms with Crippen LogP contribution in [0.25, 0.3) is 11.6 Å². The molecule has 0 aliphatic heterocycles. The highest BCUT2D eigenvalue weighted by atomic mass is 35.5. The molecule has 0 radical (unpaired) electrons. The molecular formula is C20H12ClNO3. The van der Waals surface area contributed by atoms with Gasteiger partial charge in [0.05, 0.1) is 17.9 Å². The number of furan rings is 1. The van der Waals surface area contributed by atoms with E-state index in [4.69, 9.17) is 20.8 Å². The van der Waals surface area contributed by atoms with Gasteiger partial charge < -0.3 is 9.15 Å². The lowest BCUT2D eigenvalue weighted by Crippen LogP contribution is -2.06. The second-order valence-electron chi connectivity index (χ2n) is 5.12. The first-order valence-corrected chi connectivity index (χ1v) is 7.77. The SMILES string of the molecule is N#C/C(=C/c1ccc(OC(=O)c2ccco2)cc1)c1cccc(Cl)c1. The van der Waals surface area contributed by atoms with E-state index in [1.54, 1.807) is 54.6 Å². The molecule has 0 N–H and O–H groups in total. The molecule has 0 spiro atoms. The zero-order valence-corrected chi connectivity index (χ0v) is 13.7. The van der Waals surface area contributed by atoms with Gasteiger partial charge in [-0.15, -0.1) is 0 Å². The molecule has 5 heteroatoms. The maximum Gasteiger partial charge on any atom is 0.379 e. The molecule has 2 aromatic carbocycles. The first-order valence-electron chi connectivity index (χ1n) is 7.39. The molecule has 1 aromatic heterocycles. The summed E-state index contributed by atoms with van der Waals surface area (Å²) >= 11 is 5.97. The van der Waals surface area contributed by atoms with Gasteiger partial charge in [0, 0.05) is 5.02 Å². The Hall–Kier alpha value is -3.29. The Bertz CT molecular complexity index is 951. The van der Waals surface area contributed by atoms with Crippen molar-refractivity contribution in [2.24, 2.45) is 0 Å². The van der Waals surface area contributed by atoms with Crippen LogP contribution in [-0.2, 0) is 0 Å². The van der Waals surface area contributed by atoms with Crippen LogP contribution >= 0.6 is 11.6 Å². The molecule has 25 heavy (non-hydrogen) atoms. The van der Waals surface area contributed by atoms with Gasteiger partial charge in [0.25, 0.3) is 0 Å². The van der Waals surface area contributed by atoms with Crippen molar-refractivity contribution < 1.29 is 13.9 Å². The zero-order valence-electron chi connectivity index (χ0n) is 13.0. The van der Waals surface area contributed by atoms with Crippen LogP contribution in [0.5, 0.6) is 5.75 Å². The average molecular weight is 350 g/mol. The number of carbonyl (C=O) groups excluding carboxylic acids is 1. The van der Waals surface area contributed by atoms with E-state index in [-0.39, 0.29) is 5.76 Å². The van der Waals surface area contributed by atoms with Crippen LogP contribution < -0.4 is 4.74 Å². The Morgan fingerprint density at radius 1 is 1.12 bits per heavy atom. The van der Waals surface area contributed by atoms with Crippen molar-refractivity contribution in [3.05, 3.63) is 88.8 Å². The Kier molecular flexibility index (Phi) is 4.98. The Balaban J connectivity index is 1.77. The number of nitrogens with zero attached hydrogens (tertiary/aromatic N) is 1. The summed E-state index contributed by atoms with van der Waals surface area (Å²) in [5.74, 6) is -0.0403. The van der Waals surface area contributed by atoms with Crippen molar-refractivity contribution in [2.75, 3.05) is 0 Å². The Morgan fingerprint density at radius 2 is 1.92 bits per heavy atom. The molecular weight excluding hydrogens is 338 g/mol. The summed E-state index contributed by atoms with van der Waals surface area (Å²) in [7, 11) is 0. The third-order valence-corrected chi connectivity index (χ3v) is 3.62. The third-order valence-electron chi connectivity index (χ3n) is 3.38. The number of hydrogen-bond acceptors (Lipinski definition) is 4. The van der Waals surface area contributed by atoms with E-state index in [1.807, 2.05) is 6.07 Å². The van der Waals surface area contributed by atoms with Gasteiger partial charge in [-0.25, -0.2) is 4.79 Å². The van der Waals surface area contributed by atoms with Crippen LogP contribution in [0, 0.1) is 11.3 Å². The van der Waals surface area contributed by atoms with Crippen LogP contribution in [0.1, 0.15) is 21.7 Å². The van der Waals surface area contributed by atoms with E-state index in [0.717, 1.165) is 11.1 Å². The lowest BCUT2D eigenvalue weighted by atomic mass is 10.0. The molecule has 0 aliphatic rings. The van der Waals surface area contributed by atoms with E-state index in [9.17, 15) is 10.1 Å². The highest BCUT2D eigenvalue weighted by Gasteiger charge is 2.11. The lowest BCUT2D eigenvalue weighted by molar-refractivity contribution is 0.0701. The summed E-state index contributed by atoms with van der Waals surface area (Å²) in [6.45, 7) is 0. The maximum atomic E-state index is 11.8. The monoisotopic (exact) mass is 349 g/mol. The van der Waals surface area contributed by atoms with Gasteiger partial charge in [0.1, 0.15) is 5.75 Å². The van der Waals surface area contributed by atoms with Gasteiger partial charge >= 0.3 is 5.97 Å². The molecule has 1 heterocycles. The van der Waals surface area contributed by atoms with Gasteiger partial charge in [0.2, 0.25) is 5.76 Å². The highest BCUT2D eigenvalue weighted by molar-refractivity contribution is 6.30. The first kappa shape index (κ1) is 16.6. The maximum absolute atomic E-state index is 11.8. The van der Waals surface area contributed by atoms with Gasteiger partial charge in [-0.1, -0.05) is 35.9 Å². The van der Waals surface area contributed by atoms with Crippen LogP contribution in [0.15, 0.2) is 71.3 Å². The number of hydrogen-bond donors (Lipinski definition) is 0. The Labute approximate surface area is 149 Å². The molecule has 0 bridgehead atoms. The molecule has 3 aromatic rings. The van der Waals surface area contributed by atoms with E-state index < -0.39 is 5.97 Å². The van der Waals surface area contributed by atoms with Crippen molar-refractivity contribution in [1.29, 1.82) is 5.26 Å². The largest absolute Gasteiger partial charge is 0.457 e. The Morgan fingerprint density at radius 3 is 2.56 bits per heavy atom. The van der Waals surface area contributed by atoms with E-state index in [2.05, 4.69) is 6.07 Å². The van der Waals surface area contributed by atoms with Gasteiger partial charge in [-0.2, -0.15) is 5.26 Å². The molecule has 4 nitrogen and oxygen atoms in total. The number of allylic oxidation sites excluding steroid dienone is 1. The molecule has 3 rings (SSSR count). The molecule has 0 unspecified atom stereocenters. The van der Waals surface area contributed by atoms with Crippen LogP contribution in [-0.4, -0.2) is 5.97 Å². The fourth-order valence-corrected chi connectivity index (χ4v) is 2.38. The number of esters is 1.